The van der Waals surface area contributed by atoms with E-state index in [0.717, 1.165) is 31.7 Å². The van der Waals surface area contributed by atoms with Crippen molar-refractivity contribution in [3.63, 3.8) is 0 Å². The Balaban J connectivity index is 1.62. The van der Waals surface area contributed by atoms with Gasteiger partial charge in [-0.25, -0.2) is 0 Å². The van der Waals surface area contributed by atoms with Gasteiger partial charge in [-0.3, -0.25) is 4.98 Å². The lowest BCUT2D eigenvalue weighted by atomic mass is 10.2. The number of nitrogens with one attached hydrogen (secondary N) is 1. The summed E-state index contributed by atoms with van der Waals surface area (Å²) in [6.07, 6.45) is 6.15. The second kappa shape index (κ2) is 9.64. The van der Waals surface area contributed by atoms with E-state index in [4.69, 9.17) is 0 Å². The number of pyridine rings is 1. The van der Waals surface area contributed by atoms with Gasteiger partial charge in [0.2, 0.25) is 5.95 Å². The number of likely N-dealkylation sites (N-methyl/N-ethyl adjacent to an activating group) is 1. The molecule has 0 spiro atoms. The van der Waals surface area contributed by atoms with E-state index < -0.39 is 0 Å². The van der Waals surface area contributed by atoms with Crippen molar-refractivity contribution >= 4 is 23.1 Å². The zero-order chi connectivity index (χ0) is 19.8. The van der Waals surface area contributed by atoms with Crippen LogP contribution in [0.1, 0.15) is 19.4 Å². The Morgan fingerprint density at radius 1 is 0.964 bits per heavy atom. The Hall–Kier alpha value is -3.22. The molecule has 3 aromatic rings. The van der Waals surface area contributed by atoms with Gasteiger partial charge in [0.05, 0.1) is 6.20 Å². The van der Waals surface area contributed by atoms with E-state index >= 15 is 0 Å². The van der Waals surface area contributed by atoms with Crippen molar-refractivity contribution in [2.75, 3.05) is 41.8 Å². The Bertz CT molecular complexity index is 848. The molecular formula is C21H27N7. The molecule has 1 aromatic carbocycles. The molecule has 7 heteroatoms. The van der Waals surface area contributed by atoms with Crippen LogP contribution in [0.5, 0.6) is 0 Å². The van der Waals surface area contributed by atoms with Gasteiger partial charge in [0.15, 0.2) is 5.82 Å². The van der Waals surface area contributed by atoms with Gasteiger partial charge in [0, 0.05) is 50.5 Å². The molecule has 2 aromatic heterocycles. The SMILES string of the molecule is CCN(CC)c1ccc(Nc2cnnc(N(C)CCc3ccncc3)n2)cc1. The summed E-state index contributed by atoms with van der Waals surface area (Å²) in [6, 6.07) is 12.4. The smallest absolute Gasteiger partial charge is 0.247 e. The molecule has 0 fully saturated rings. The molecule has 0 unspecified atom stereocenters. The molecule has 0 aliphatic heterocycles. The zero-order valence-electron chi connectivity index (χ0n) is 16.7. The second-order valence-corrected chi connectivity index (χ2v) is 6.51. The first-order chi connectivity index (χ1) is 13.7. The van der Waals surface area contributed by atoms with Crippen LogP contribution in [0.4, 0.5) is 23.1 Å². The van der Waals surface area contributed by atoms with Crippen LogP contribution in [0.3, 0.4) is 0 Å². The third-order valence-electron chi connectivity index (χ3n) is 4.64. The van der Waals surface area contributed by atoms with Gasteiger partial charge >= 0.3 is 0 Å². The van der Waals surface area contributed by atoms with Gasteiger partial charge in [-0.2, -0.15) is 10.1 Å². The Kier molecular flexibility index (Phi) is 6.73. The largest absolute Gasteiger partial charge is 0.372 e. The normalized spacial score (nSPS) is 10.5. The van der Waals surface area contributed by atoms with E-state index in [0.29, 0.717) is 11.8 Å². The highest BCUT2D eigenvalue weighted by molar-refractivity contribution is 5.60. The molecule has 0 saturated carbocycles. The lowest BCUT2D eigenvalue weighted by Gasteiger charge is -2.21. The van der Waals surface area contributed by atoms with E-state index in [-0.39, 0.29) is 0 Å². The summed E-state index contributed by atoms with van der Waals surface area (Å²) < 4.78 is 0. The summed E-state index contributed by atoms with van der Waals surface area (Å²) in [5, 5.41) is 11.6. The standard InChI is InChI=1S/C21H27N7/c1-4-28(5-2)19-8-6-18(7-9-19)24-20-16-23-26-21(25-20)27(3)15-12-17-10-13-22-14-11-17/h6-11,13-14,16H,4-5,12,15H2,1-3H3,(H,24,25,26). The molecule has 28 heavy (non-hydrogen) atoms. The van der Waals surface area contributed by atoms with Crippen LogP contribution in [-0.2, 0) is 6.42 Å². The minimum Gasteiger partial charge on any atom is -0.372 e. The number of aromatic nitrogens is 4. The van der Waals surface area contributed by atoms with Crippen molar-refractivity contribution in [2.45, 2.75) is 20.3 Å². The van der Waals surface area contributed by atoms with Crippen molar-refractivity contribution in [3.05, 3.63) is 60.6 Å². The zero-order valence-corrected chi connectivity index (χ0v) is 16.7. The molecule has 0 aliphatic carbocycles. The molecule has 0 atom stereocenters. The molecule has 0 radical (unpaired) electrons. The van der Waals surface area contributed by atoms with Crippen LogP contribution >= 0.6 is 0 Å². The quantitative estimate of drug-likeness (QED) is 0.611. The number of benzene rings is 1. The summed E-state index contributed by atoms with van der Waals surface area (Å²) in [6.45, 7) is 7.11. The van der Waals surface area contributed by atoms with Crippen LogP contribution in [0.2, 0.25) is 0 Å². The first-order valence-electron chi connectivity index (χ1n) is 9.61. The van der Waals surface area contributed by atoms with Gasteiger partial charge in [-0.1, -0.05) is 0 Å². The summed E-state index contributed by atoms with van der Waals surface area (Å²) in [7, 11) is 1.97. The fourth-order valence-electron chi connectivity index (χ4n) is 2.95. The first kappa shape index (κ1) is 19.5. The van der Waals surface area contributed by atoms with Crippen LogP contribution in [-0.4, -0.2) is 46.8 Å². The number of anilines is 4. The molecular weight excluding hydrogens is 350 g/mol. The third kappa shape index (κ3) is 5.16. The summed E-state index contributed by atoms with van der Waals surface area (Å²) >= 11 is 0. The van der Waals surface area contributed by atoms with Gasteiger partial charge in [0.25, 0.3) is 0 Å². The van der Waals surface area contributed by atoms with Crippen molar-refractivity contribution < 1.29 is 0 Å². The van der Waals surface area contributed by atoms with Crippen LogP contribution in [0, 0.1) is 0 Å². The van der Waals surface area contributed by atoms with E-state index in [9.17, 15) is 0 Å². The van der Waals surface area contributed by atoms with E-state index in [1.807, 2.05) is 36.5 Å². The van der Waals surface area contributed by atoms with E-state index in [1.54, 1.807) is 6.20 Å². The van der Waals surface area contributed by atoms with Crippen molar-refractivity contribution in [1.82, 2.24) is 20.2 Å². The lowest BCUT2D eigenvalue weighted by Crippen LogP contribution is -2.23. The number of hydrogen-bond acceptors (Lipinski definition) is 7. The Labute approximate surface area is 166 Å². The molecule has 0 aliphatic rings. The van der Waals surface area contributed by atoms with E-state index in [1.165, 1.54) is 11.3 Å². The second-order valence-electron chi connectivity index (χ2n) is 6.51. The number of nitrogens with zero attached hydrogens (tertiary/aromatic N) is 6. The average Bonchev–Trinajstić information content (AvgIpc) is 2.75. The summed E-state index contributed by atoms with van der Waals surface area (Å²) in [5.74, 6) is 1.27. The Morgan fingerprint density at radius 3 is 2.36 bits per heavy atom. The molecule has 3 rings (SSSR count). The van der Waals surface area contributed by atoms with Crippen molar-refractivity contribution in [3.8, 4) is 0 Å². The maximum atomic E-state index is 4.59. The third-order valence-corrected chi connectivity index (χ3v) is 4.64. The summed E-state index contributed by atoms with van der Waals surface area (Å²) in [5.41, 5.74) is 3.42. The first-order valence-corrected chi connectivity index (χ1v) is 9.61. The van der Waals surface area contributed by atoms with Crippen molar-refractivity contribution in [1.29, 1.82) is 0 Å². The molecule has 146 valence electrons. The number of rotatable bonds is 9. The van der Waals surface area contributed by atoms with Crippen molar-refractivity contribution in [2.24, 2.45) is 0 Å². The minimum atomic E-state index is 0.596. The monoisotopic (exact) mass is 377 g/mol. The molecule has 1 N–H and O–H groups in total. The van der Waals surface area contributed by atoms with Gasteiger partial charge < -0.3 is 15.1 Å². The van der Waals surface area contributed by atoms with Crippen LogP contribution < -0.4 is 15.1 Å². The fourth-order valence-corrected chi connectivity index (χ4v) is 2.95. The molecule has 0 bridgehead atoms. The highest BCUT2D eigenvalue weighted by Gasteiger charge is 2.08. The predicted molar refractivity (Wildman–Crippen MR) is 114 cm³/mol. The van der Waals surface area contributed by atoms with Crippen LogP contribution in [0.15, 0.2) is 55.0 Å². The van der Waals surface area contributed by atoms with Gasteiger partial charge in [-0.15, -0.1) is 5.10 Å². The van der Waals surface area contributed by atoms with E-state index in [2.05, 4.69) is 68.5 Å². The van der Waals surface area contributed by atoms with Crippen LogP contribution in [0.25, 0.3) is 0 Å². The maximum Gasteiger partial charge on any atom is 0.247 e. The number of hydrogen-bond donors (Lipinski definition) is 1. The lowest BCUT2D eigenvalue weighted by molar-refractivity contribution is 0.812. The molecule has 0 saturated heterocycles. The molecule has 7 nitrogen and oxygen atoms in total. The highest BCUT2D eigenvalue weighted by Crippen LogP contribution is 2.20. The van der Waals surface area contributed by atoms with Gasteiger partial charge in [-0.05, 0) is 62.2 Å². The molecule has 2 heterocycles. The topological polar surface area (TPSA) is 70.1 Å². The highest BCUT2D eigenvalue weighted by atomic mass is 15.3. The summed E-state index contributed by atoms with van der Waals surface area (Å²) in [4.78, 5) is 12.9. The predicted octanol–water partition coefficient (Wildman–Crippen LogP) is 3.54. The van der Waals surface area contributed by atoms with Gasteiger partial charge in [0.1, 0.15) is 0 Å². The molecule has 0 amide bonds. The maximum absolute atomic E-state index is 4.59. The Morgan fingerprint density at radius 2 is 1.68 bits per heavy atom. The average molecular weight is 377 g/mol. The minimum absolute atomic E-state index is 0.596. The fraction of sp³-hybridized carbons (Fsp3) is 0.333.